The number of hydrogen-bond acceptors (Lipinski definition) is 4. The largest absolute Gasteiger partial charge is 0.449 e. The average Bonchev–Trinajstić information content (AvgIpc) is 2.44. The molecule has 1 amide bonds. The van der Waals surface area contributed by atoms with Crippen molar-refractivity contribution in [1.82, 2.24) is 10.3 Å². The Morgan fingerprint density at radius 2 is 1.86 bits per heavy atom. The zero-order chi connectivity index (χ0) is 16.3. The van der Waals surface area contributed by atoms with E-state index in [0.29, 0.717) is 11.1 Å². The van der Waals surface area contributed by atoms with Crippen LogP contribution in [0.4, 0.5) is 0 Å². The fraction of sp³-hybridized carbons (Fsp3) is 0.353. The highest BCUT2D eigenvalue weighted by Crippen LogP contribution is 2.17. The minimum atomic E-state index is -0.870. The summed E-state index contributed by atoms with van der Waals surface area (Å²) < 4.78 is 5.26. The molecule has 1 aromatic heterocycles. The van der Waals surface area contributed by atoms with Crippen molar-refractivity contribution >= 4 is 22.8 Å². The molecule has 0 spiro atoms. The smallest absolute Gasteiger partial charge is 0.341 e. The van der Waals surface area contributed by atoms with Crippen LogP contribution < -0.4 is 5.32 Å². The minimum Gasteiger partial charge on any atom is -0.449 e. The molecular formula is C17H20N2O3. The lowest BCUT2D eigenvalue weighted by atomic mass is 10.1. The van der Waals surface area contributed by atoms with Gasteiger partial charge in [-0.25, -0.2) is 4.79 Å². The van der Waals surface area contributed by atoms with Gasteiger partial charge in [-0.1, -0.05) is 18.2 Å². The summed E-state index contributed by atoms with van der Waals surface area (Å²) in [6.07, 6.45) is 0.750. The number of para-hydroxylation sites is 1. The van der Waals surface area contributed by atoms with E-state index in [1.807, 2.05) is 32.9 Å². The van der Waals surface area contributed by atoms with Crippen molar-refractivity contribution in [1.29, 1.82) is 0 Å². The fourth-order valence-corrected chi connectivity index (χ4v) is 2.02. The summed E-state index contributed by atoms with van der Waals surface area (Å²) in [5.41, 5.74) is 0.547. The molecule has 1 aromatic carbocycles. The quantitative estimate of drug-likeness (QED) is 0.885. The number of fused-ring (bicyclic) bond motifs is 1. The van der Waals surface area contributed by atoms with Gasteiger partial charge in [0.05, 0.1) is 11.1 Å². The predicted octanol–water partition coefficient (Wildman–Crippen LogP) is 2.69. The van der Waals surface area contributed by atoms with Crippen LogP contribution in [0.5, 0.6) is 0 Å². The Kier molecular flexibility index (Phi) is 4.45. The molecule has 5 heteroatoms. The number of carbonyl (C=O) groups is 2. The number of pyridine rings is 1. The highest BCUT2D eigenvalue weighted by atomic mass is 16.5. The maximum absolute atomic E-state index is 12.3. The van der Waals surface area contributed by atoms with Crippen LogP contribution in [0, 0.1) is 0 Å². The van der Waals surface area contributed by atoms with Gasteiger partial charge in [-0.2, -0.15) is 0 Å². The van der Waals surface area contributed by atoms with Crippen LogP contribution in [0.1, 0.15) is 38.1 Å². The van der Waals surface area contributed by atoms with Gasteiger partial charge >= 0.3 is 5.97 Å². The van der Waals surface area contributed by atoms with Crippen LogP contribution in [0.15, 0.2) is 36.5 Å². The van der Waals surface area contributed by atoms with Gasteiger partial charge in [0.1, 0.15) is 0 Å². The van der Waals surface area contributed by atoms with Crippen LogP contribution in [0.2, 0.25) is 0 Å². The molecule has 0 saturated carbocycles. The predicted molar refractivity (Wildman–Crippen MR) is 84.5 cm³/mol. The number of nitrogens with zero attached hydrogens (tertiary/aromatic N) is 1. The van der Waals surface area contributed by atoms with E-state index in [1.54, 1.807) is 31.3 Å². The molecule has 1 heterocycles. The van der Waals surface area contributed by atoms with Gasteiger partial charge in [-0.3, -0.25) is 9.78 Å². The molecule has 0 fully saturated rings. The van der Waals surface area contributed by atoms with E-state index in [4.69, 9.17) is 4.74 Å². The van der Waals surface area contributed by atoms with E-state index in [-0.39, 0.29) is 11.4 Å². The Morgan fingerprint density at radius 1 is 1.18 bits per heavy atom. The number of aromatic nitrogens is 1. The topological polar surface area (TPSA) is 68.3 Å². The molecule has 2 rings (SSSR count). The van der Waals surface area contributed by atoms with Gasteiger partial charge in [-0.15, -0.1) is 0 Å². The van der Waals surface area contributed by atoms with Crippen molar-refractivity contribution in [2.24, 2.45) is 0 Å². The first-order chi connectivity index (χ1) is 10.3. The number of ether oxygens (including phenoxy) is 1. The summed E-state index contributed by atoms with van der Waals surface area (Å²) in [5.74, 6) is -0.880. The molecule has 0 aliphatic rings. The standard InChI is InChI=1S/C17H20N2O3/c1-11(15(20)19-17(2,3)4)22-16(21)13-9-5-7-12-8-6-10-18-14(12)13/h5-11H,1-4H3,(H,19,20)/t11-/m0/s1. The maximum atomic E-state index is 12.3. The molecule has 0 saturated heterocycles. The number of rotatable bonds is 3. The molecule has 0 bridgehead atoms. The molecule has 0 aliphatic carbocycles. The normalized spacial score (nSPS) is 12.7. The monoisotopic (exact) mass is 300 g/mol. The SMILES string of the molecule is C[C@H](OC(=O)c1cccc2cccnc12)C(=O)NC(C)(C)C. The summed E-state index contributed by atoms with van der Waals surface area (Å²) in [4.78, 5) is 28.5. The molecular weight excluding hydrogens is 280 g/mol. The number of benzene rings is 1. The zero-order valence-corrected chi connectivity index (χ0v) is 13.2. The zero-order valence-electron chi connectivity index (χ0n) is 13.2. The highest BCUT2D eigenvalue weighted by molar-refractivity contribution is 6.03. The second-order valence-corrected chi connectivity index (χ2v) is 6.17. The van der Waals surface area contributed by atoms with E-state index in [1.165, 1.54) is 0 Å². The van der Waals surface area contributed by atoms with Crippen LogP contribution >= 0.6 is 0 Å². The van der Waals surface area contributed by atoms with Crippen LogP contribution in [-0.4, -0.2) is 28.5 Å². The second-order valence-electron chi connectivity index (χ2n) is 6.17. The second kappa shape index (κ2) is 6.13. The lowest BCUT2D eigenvalue weighted by Gasteiger charge is -2.23. The summed E-state index contributed by atoms with van der Waals surface area (Å²) in [6, 6.07) is 8.95. The lowest BCUT2D eigenvalue weighted by molar-refractivity contribution is -0.130. The minimum absolute atomic E-state index is 0.325. The van der Waals surface area contributed by atoms with Crippen molar-refractivity contribution in [2.45, 2.75) is 39.3 Å². The summed E-state index contributed by atoms with van der Waals surface area (Å²) in [5, 5.41) is 3.63. The average molecular weight is 300 g/mol. The summed E-state index contributed by atoms with van der Waals surface area (Å²) in [6.45, 7) is 7.16. The lowest BCUT2D eigenvalue weighted by Crippen LogP contribution is -2.46. The summed E-state index contributed by atoms with van der Waals surface area (Å²) in [7, 11) is 0. The number of nitrogens with one attached hydrogen (secondary N) is 1. The molecule has 5 nitrogen and oxygen atoms in total. The van der Waals surface area contributed by atoms with E-state index < -0.39 is 12.1 Å². The van der Waals surface area contributed by atoms with Gasteiger partial charge < -0.3 is 10.1 Å². The Labute approximate surface area is 129 Å². The van der Waals surface area contributed by atoms with E-state index in [2.05, 4.69) is 10.3 Å². The van der Waals surface area contributed by atoms with Gasteiger partial charge in [0, 0.05) is 17.1 Å². The Bertz CT molecular complexity index is 699. The third-order valence-corrected chi connectivity index (χ3v) is 3.00. The van der Waals surface area contributed by atoms with Crippen molar-refractivity contribution < 1.29 is 14.3 Å². The van der Waals surface area contributed by atoms with E-state index in [9.17, 15) is 9.59 Å². The maximum Gasteiger partial charge on any atom is 0.341 e. The van der Waals surface area contributed by atoms with Gasteiger partial charge in [0.2, 0.25) is 0 Å². The molecule has 0 aliphatic heterocycles. The highest BCUT2D eigenvalue weighted by Gasteiger charge is 2.23. The number of hydrogen-bond donors (Lipinski definition) is 1. The van der Waals surface area contributed by atoms with Crippen LogP contribution in [0.3, 0.4) is 0 Å². The van der Waals surface area contributed by atoms with Crippen molar-refractivity contribution in [3.8, 4) is 0 Å². The van der Waals surface area contributed by atoms with E-state index >= 15 is 0 Å². The van der Waals surface area contributed by atoms with Gasteiger partial charge in [-0.05, 0) is 39.8 Å². The molecule has 2 aromatic rings. The molecule has 0 unspecified atom stereocenters. The Hall–Kier alpha value is -2.43. The van der Waals surface area contributed by atoms with Gasteiger partial charge in [0.15, 0.2) is 6.10 Å². The Balaban J connectivity index is 2.16. The molecule has 1 N–H and O–H groups in total. The van der Waals surface area contributed by atoms with Crippen molar-refractivity contribution in [2.75, 3.05) is 0 Å². The number of carbonyl (C=O) groups excluding carboxylic acids is 2. The third kappa shape index (κ3) is 3.81. The molecule has 0 radical (unpaired) electrons. The first-order valence-corrected chi connectivity index (χ1v) is 7.15. The van der Waals surface area contributed by atoms with Crippen molar-refractivity contribution in [3.05, 3.63) is 42.1 Å². The van der Waals surface area contributed by atoms with Gasteiger partial charge in [0.25, 0.3) is 5.91 Å². The number of esters is 1. The third-order valence-electron chi connectivity index (χ3n) is 3.00. The molecule has 22 heavy (non-hydrogen) atoms. The molecule has 1 atom stereocenters. The first kappa shape index (κ1) is 15.9. The molecule has 116 valence electrons. The van der Waals surface area contributed by atoms with Crippen LogP contribution in [0.25, 0.3) is 10.9 Å². The fourth-order valence-electron chi connectivity index (χ4n) is 2.02. The summed E-state index contributed by atoms with van der Waals surface area (Å²) >= 11 is 0. The van der Waals surface area contributed by atoms with Crippen molar-refractivity contribution in [3.63, 3.8) is 0 Å². The van der Waals surface area contributed by atoms with E-state index in [0.717, 1.165) is 5.39 Å². The number of amides is 1. The Morgan fingerprint density at radius 3 is 2.55 bits per heavy atom. The first-order valence-electron chi connectivity index (χ1n) is 7.15. The van der Waals surface area contributed by atoms with Crippen LogP contribution in [-0.2, 0) is 9.53 Å².